The second-order valence-electron chi connectivity index (χ2n) is 6.01. The molecule has 1 fully saturated rings. The topological polar surface area (TPSA) is 55.4 Å². The molecule has 0 spiro atoms. The van der Waals surface area contributed by atoms with Gasteiger partial charge in [0.1, 0.15) is 6.04 Å². The maximum atomic E-state index is 11.7. The van der Waals surface area contributed by atoms with E-state index in [1.807, 2.05) is 0 Å². The maximum absolute atomic E-state index is 11.7. The van der Waals surface area contributed by atoms with Crippen LogP contribution in [0, 0.1) is 0 Å². The molecule has 1 atom stereocenters. The Hall–Kier alpha value is -1.06. The quantitative estimate of drug-likeness (QED) is 0.441. The molecule has 1 aliphatic rings. The second kappa shape index (κ2) is 11.6. The van der Waals surface area contributed by atoms with Crippen LogP contribution in [-0.2, 0) is 14.3 Å². The summed E-state index contributed by atoms with van der Waals surface area (Å²) in [5.41, 5.74) is 0. The maximum Gasteiger partial charge on any atom is 0.328 e. The third kappa shape index (κ3) is 8.74. The fourth-order valence-corrected chi connectivity index (χ4v) is 2.67. The lowest BCUT2D eigenvalue weighted by atomic mass is 10.1. The van der Waals surface area contributed by atoms with Crippen molar-refractivity contribution in [2.24, 2.45) is 0 Å². The molecule has 1 heterocycles. The van der Waals surface area contributed by atoms with Gasteiger partial charge in [0.2, 0.25) is 5.91 Å². The number of hydrogen-bond donors (Lipinski definition) is 1. The minimum Gasteiger partial charge on any atom is -0.464 e. The van der Waals surface area contributed by atoms with Gasteiger partial charge in [-0.25, -0.2) is 4.79 Å². The molecule has 1 unspecified atom stereocenters. The van der Waals surface area contributed by atoms with E-state index < -0.39 is 6.04 Å². The van der Waals surface area contributed by atoms with Crippen molar-refractivity contribution in [1.29, 1.82) is 0 Å². The van der Waals surface area contributed by atoms with E-state index in [2.05, 4.69) is 12.2 Å². The molecule has 0 aromatic heterocycles. The smallest absolute Gasteiger partial charge is 0.328 e. The number of esters is 1. The van der Waals surface area contributed by atoms with Crippen molar-refractivity contribution in [2.45, 2.75) is 90.0 Å². The highest BCUT2D eigenvalue weighted by Crippen LogP contribution is 2.11. The molecule has 1 aliphatic heterocycles. The fraction of sp³-hybridized carbons (Fsp3) is 0.882. The van der Waals surface area contributed by atoms with Gasteiger partial charge in [-0.3, -0.25) is 4.79 Å². The number of amides is 1. The van der Waals surface area contributed by atoms with Gasteiger partial charge >= 0.3 is 5.97 Å². The summed E-state index contributed by atoms with van der Waals surface area (Å²) in [6.45, 7) is 2.67. The Morgan fingerprint density at radius 2 is 1.62 bits per heavy atom. The van der Waals surface area contributed by atoms with Crippen LogP contribution < -0.4 is 5.32 Å². The Labute approximate surface area is 129 Å². The van der Waals surface area contributed by atoms with E-state index >= 15 is 0 Å². The molecule has 4 nitrogen and oxygen atoms in total. The molecular formula is C17H31NO3. The van der Waals surface area contributed by atoms with Crippen molar-refractivity contribution >= 4 is 11.9 Å². The first-order valence-electron chi connectivity index (χ1n) is 8.70. The summed E-state index contributed by atoms with van der Waals surface area (Å²) in [7, 11) is 0. The van der Waals surface area contributed by atoms with Crippen molar-refractivity contribution in [1.82, 2.24) is 5.32 Å². The van der Waals surface area contributed by atoms with Crippen LogP contribution in [0.5, 0.6) is 0 Å². The van der Waals surface area contributed by atoms with Crippen LogP contribution in [0.3, 0.4) is 0 Å². The molecule has 4 heteroatoms. The third-order valence-corrected chi connectivity index (χ3v) is 4.03. The first kappa shape index (κ1) is 18.0. The molecule has 1 saturated heterocycles. The predicted octanol–water partition coefficient (Wildman–Crippen LogP) is 3.73. The summed E-state index contributed by atoms with van der Waals surface area (Å²) >= 11 is 0. The van der Waals surface area contributed by atoms with Gasteiger partial charge < -0.3 is 10.1 Å². The highest BCUT2D eigenvalue weighted by Gasteiger charge is 2.27. The largest absolute Gasteiger partial charge is 0.464 e. The Bertz CT molecular complexity index is 304. The summed E-state index contributed by atoms with van der Waals surface area (Å²) in [4.78, 5) is 22.9. The van der Waals surface area contributed by atoms with Crippen LogP contribution in [0.1, 0.15) is 84.0 Å². The number of cyclic esters (lactones) is 1. The summed E-state index contributed by atoms with van der Waals surface area (Å²) in [6, 6.07) is -0.402. The van der Waals surface area contributed by atoms with Crippen molar-refractivity contribution in [3.8, 4) is 0 Å². The van der Waals surface area contributed by atoms with Crippen molar-refractivity contribution in [3.63, 3.8) is 0 Å². The average Bonchev–Trinajstić information content (AvgIpc) is 2.86. The first-order valence-corrected chi connectivity index (χ1v) is 8.70. The number of carbonyl (C=O) groups is 2. The van der Waals surface area contributed by atoms with Crippen molar-refractivity contribution in [3.05, 3.63) is 0 Å². The lowest BCUT2D eigenvalue weighted by Crippen LogP contribution is -2.37. The Balaban J connectivity index is 1.85. The van der Waals surface area contributed by atoms with Gasteiger partial charge in [0.05, 0.1) is 6.61 Å². The molecule has 0 aromatic carbocycles. The van der Waals surface area contributed by atoms with E-state index in [1.54, 1.807) is 0 Å². The zero-order valence-corrected chi connectivity index (χ0v) is 13.5. The number of nitrogens with one attached hydrogen (secondary N) is 1. The molecule has 0 aromatic rings. The zero-order chi connectivity index (χ0) is 15.3. The predicted molar refractivity (Wildman–Crippen MR) is 84.0 cm³/mol. The standard InChI is InChI=1S/C17H31NO3/c1-2-3-4-5-6-7-8-9-10-11-12-16(19)18-15-13-14-21-17(15)20/h15H,2-14H2,1H3,(H,18,19). The summed E-state index contributed by atoms with van der Waals surface area (Å²) in [5.74, 6) is -0.301. The third-order valence-electron chi connectivity index (χ3n) is 4.03. The van der Waals surface area contributed by atoms with Gasteiger partial charge in [-0.1, -0.05) is 64.7 Å². The second-order valence-corrected chi connectivity index (χ2v) is 6.01. The molecular weight excluding hydrogens is 266 g/mol. The Kier molecular flexibility index (Phi) is 9.92. The van der Waals surface area contributed by atoms with Gasteiger partial charge in [-0.05, 0) is 6.42 Å². The van der Waals surface area contributed by atoms with Gasteiger partial charge in [0.25, 0.3) is 0 Å². The minimum absolute atomic E-state index is 0.0154. The molecule has 0 aliphatic carbocycles. The minimum atomic E-state index is -0.402. The van der Waals surface area contributed by atoms with Crippen LogP contribution in [-0.4, -0.2) is 24.5 Å². The molecule has 0 saturated carbocycles. The number of carbonyl (C=O) groups excluding carboxylic acids is 2. The van der Waals surface area contributed by atoms with Gasteiger partial charge in [-0.2, -0.15) is 0 Å². The van der Waals surface area contributed by atoms with E-state index in [1.165, 1.54) is 51.4 Å². The van der Waals surface area contributed by atoms with E-state index in [4.69, 9.17) is 4.74 Å². The molecule has 0 radical (unpaired) electrons. The van der Waals surface area contributed by atoms with Crippen LogP contribution in [0.4, 0.5) is 0 Å². The molecule has 1 N–H and O–H groups in total. The Morgan fingerprint density at radius 1 is 1.05 bits per heavy atom. The number of unbranched alkanes of at least 4 members (excludes halogenated alkanes) is 9. The number of hydrogen-bond acceptors (Lipinski definition) is 3. The molecule has 122 valence electrons. The van der Waals surface area contributed by atoms with E-state index in [-0.39, 0.29) is 11.9 Å². The van der Waals surface area contributed by atoms with Crippen LogP contribution in [0.2, 0.25) is 0 Å². The van der Waals surface area contributed by atoms with Crippen LogP contribution in [0.25, 0.3) is 0 Å². The molecule has 1 amide bonds. The average molecular weight is 297 g/mol. The highest BCUT2D eigenvalue weighted by molar-refractivity contribution is 5.85. The van der Waals surface area contributed by atoms with Crippen LogP contribution in [0.15, 0.2) is 0 Å². The highest BCUT2D eigenvalue weighted by atomic mass is 16.5. The fourth-order valence-electron chi connectivity index (χ4n) is 2.67. The number of rotatable bonds is 12. The molecule has 0 bridgehead atoms. The monoisotopic (exact) mass is 297 g/mol. The van der Waals surface area contributed by atoms with Gasteiger partial charge in [0, 0.05) is 12.8 Å². The lowest BCUT2D eigenvalue weighted by Gasteiger charge is -2.08. The zero-order valence-electron chi connectivity index (χ0n) is 13.5. The molecule has 21 heavy (non-hydrogen) atoms. The van der Waals surface area contributed by atoms with Crippen molar-refractivity contribution < 1.29 is 14.3 Å². The SMILES string of the molecule is CCCCCCCCCCCCC(=O)NC1CCOC1=O. The number of ether oxygens (including phenoxy) is 1. The van der Waals surface area contributed by atoms with Crippen molar-refractivity contribution in [2.75, 3.05) is 6.61 Å². The van der Waals surface area contributed by atoms with Gasteiger partial charge in [0.15, 0.2) is 0 Å². The molecule has 1 rings (SSSR count). The van der Waals surface area contributed by atoms with E-state index in [0.29, 0.717) is 19.4 Å². The van der Waals surface area contributed by atoms with E-state index in [9.17, 15) is 9.59 Å². The summed E-state index contributed by atoms with van der Waals surface area (Å²) < 4.78 is 4.82. The Morgan fingerprint density at radius 3 is 2.14 bits per heavy atom. The summed E-state index contributed by atoms with van der Waals surface area (Å²) in [6.07, 6.45) is 13.8. The first-order chi connectivity index (χ1) is 10.2. The lowest BCUT2D eigenvalue weighted by molar-refractivity contribution is -0.141. The summed E-state index contributed by atoms with van der Waals surface area (Å²) in [5, 5.41) is 2.75. The van der Waals surface area contributed by atoms with Gasteiger partial charge in [-0.15, -0.1) is 0 Å². The van der Waals surface area contributed by atoms with Crippen LogP contribution >= 0.6 is 0 Å². The normalized spacial score (nSPS) is 17.8. The van der Waals surface area contributed by atoms with E-state index in [0.717, 1.165) is 12.8 Å².